The van der Waals surface area contributed by atoms with Gasteiger partial charge in [0.2, 0.25) is 0 Å². The highest BCUT2D eigenvalue weighted by Crippen LogP contribution is 2.34. The summed E-state index contributed by atoms with van der Waals surface area (Å²) in [6, 6.07) is 15.6. The van der Waals surface area contributed by atoms with Crippen molar-refractivity contribution in [2.75, 3.05) is 18.0 Å². The molecule has 3 rings (SSSR count). The molecule has 2 aromatic rings. The number of piperidine rings is 1. The number of halogens is 1. The van der Waals surface area contributed by atoms with E-state index in [1.165, 1.54) is 11.3 Å². The first-order valence-corrected chi connectivity index (χ1v) is 7.40. The third kappa shape index (κ3) is 2.75. The highest BCUT2D eigenvalue weighted by atomic mass is 35.5. The van der Waals surface area contributed by atoms with Gasteiger partial charge in [-0.1, -0.05) is 29.8 Å². The van der Waals surface area contributed by atoms with Gasteiger partial charge in [0.15, 0.2) is 0 Å². The Balaban J connectivity index is 1.68. The van der Waals surface area contributed by atoms with Crippen molar-refractivity contribution in [1.29, 1.82) is 0 Å². The van der Waals surface area contributed by atoms with E-state index < -0.39 is 0 Å². The predicted molar refractivity (Wildman–Crippen MR) is 83.7 cm³/mol. The van der Waals surface area contributed by atoms with Gasteiger partial charge in [-0.15, -0.1) is 0 Å². The number of aromatic hydroxyl groups is 1. The molecule has 0 saturated carbocycles. The topological polar surface area (TPSA) is 23.5 Å². The Morgan fingerprint density at radius 1 is 0.950 bits per heavy atom. The van der Waals surface area contributed by atoms with Gasteiger partial charge >= 0.3 is 0 Å². The van der Waals surface area contributed by atoms with Crippen LogP contribution in [0.15, 0.2) is 48.5 Å². The van der Waals surface area contributed by atoms with Gasteiger partial charge in [-0.25, -0.2) is 0 Å². The van der Waals surface area contributed by atoms with Crippen molar-refractivity contribution in [3.05, 3.63) is 59.1 Å². The van der Waals surface area contributed by atoms with Crippen molar-refractivity contribution < 1.29 is 5.11 Å². The van der Waals surface area contributed by atoms with Crippen LogP contribution in [-0.2, 0) is 0 Å². The van der Waals surface area contributed by atoms with Crippen LogP contribution < -0.4 is 4.90 Å². The molecule has 0 atom stereocenters. The van der Waals surface area contributed by atoms with Crippen LogP contribution in [0.3, 0.4) is 0 Å². The molecule has 104 valence electrons. The summed E-state index contributed by atoms with van der Waals surface area (Å²) in [6.07, 6.45) is 2.23. The lowest BCUT2D eigenvalue weighted by atomic mass is 9.89. The average Bonchev–Trinajstić information content (AvgIpc) is 2.49. The highest BCUT2D eigenvalue weighted by molar-refractivity contribution is 6.31. The molecule has 0 amide bonds. The zero-order valence-electron chi connectivity index (χ0n) is 11.3. The van der Waals surface area contributed by atoms with Crippen molar-refractivity contribution in [3.8, 4) is 5.75 Å². The molecule has 0 aliphatic carbocycles. The van der Waals surface area contributed by atoms with E-state index in [0.29, 0.717) is 11.7 Å². The number of phenolic OH excluding ortho intramolecular Hbond substituents is 1. The maximum absolute atomic E-state index is 9.34. The predicted octanol–water partition coefficient (Wildman–Crippen LogP) is 4.43. The fourth-order valence-corrected chi connectivity index (χ4v) is 3.21. The number of hydrogen-bond acceptors (Lipinski definition) is 2. The molecule has 1 fully saturated rings. The Kier molecular flexibility index (Phi) is 3.83. The van der Waals surface area contributed by atoms with E-state index in [1.807, 2.05) is 24.3 Å². The lowest BCUT2D eigenvalue weighted by Gasteiger charge is -2.34. The molecule has 2 aromatic carbocycles. The largest absolute Gasteiger partial charge is 0.508 e. The zero-order chi connectivity index (χ0) is 13.9. The third-order valence-electron chi connectivity index (χ3n) is 4.05. The van der Waals surface area contributed by atoms with Gasteiger partial charge in [-0.3, -0.25) is 0 Å². The molecular formula is C17H18ClNO. The minimum absolute atomic E-state index is 0.319. The second kappa shape index (κ2) is 5.76. The first kappa shape index (κ1) is 13.3. The molecule has 20 heavy (non-hydrogen) atoms. The minimum Gasteiger partial charge on any atom is -0.508 e. The monoisotopic (exact) mass is 287 g/mol. The summed E-state index contributed by atoms with van der Waals surface area (Å²) in [5, 5.41) is 10.2. The molecule has 1 aliphatic rings. The average molecular weight is 288 g/mol. The molecule has 1 heterocycles. The second-order valence-electron chi connectivity index (χ2n) is 5.30. The summed E-state index contributed by atoms with van der Waals surface area (Å²) in [5.74, 6) is 0.872. The van der Waals surface area contributed by atoms with Gasteiger partial charge in [0.25, 0.3) is 0 Å². The van der Waals surface area contributed by atoms with Crippen LogP contribution >= 0.6 is 11.6 Å². The summed E-state index contributed by atoms with van der Waals surface area (Å²) in [7, 11) is 0. The number of anilines is 1. The Morgan fingerprint density at radius 3 is 2.25 bits per heavy atom. The number of hydrogen-bond donors (Lipinski definition) is 1. The summed E-state index contributed by atoms with van der Waals surface area (Å²) in [5.41, 5.74) is 2.46. The van der Waals surface area contributed by atoms with Crippen molar-refractivity contribution in [2.45, 2.75) is 18.8 Å². The van der Waals surface area contributed by atoms with Gasteiger partial charge in [-0.05, 0) is 54.7 Å². The molecule has 1 N–H and O–H groups in total. The first-order valence-electron chi connectivity index (χ1n) is 7.02. The van der Waals surface area contributed by atoms with Crippen LogP contribution in [0.5, 0.6) is 5.75 Å². The summed E-state index contributed by atoms with van der Waals surface area (Å²) in [4.78, 5) is 2.37. The van der Waals surface area contributed by atoms with Crippen molar-refractivity contribution >= 4 is 17.3 Å². The Hall–Kier alpha value is -1.67. The van der Waals surface area contributed by atoms with Gasteiger partial charge in [0.05, 0.1) is 0 Å². The van der Waals surface area contributed by atoms with Crippen LogP contribution in [-0.4, -0.2) is 18.2 Å². The third-order valence-corrected chi connectivity index (χ3v) is 4.40. The van der Waals surface area contributed by atoms with E-state index in [2.05, 4.69) is 17.0 Å². The summed E-state index contributed by atoms with van der Waals surface area (Å²) < 4.78 is 0. The number of benzene rings is 2. The molecule has 0 spiro atoms. The van der Waals surface area contributed by atoms with Crippen LogP contribution in [0.4, 0.5) is 5.69 Å². The standard InChI is InChI=1S/C17H18ClNO/c18-17-4-2-1-3-16(17)13-9-11-19(12-10-13)14-5-7-15(20)8-6-14/h1-8,13,20H,9-12H2. The van der Waals surface area contributed by atoms with Crippen molar-refractivity contribution in [3.63, 3.8) is 0 Å². The Morgan fingerprint density at radius 2 is 1.60 bits per heavy atom. The molecule has 1 saturated heterocycles. The van der Waals surface area contributed by atoms with E-state index in [9.17, 15) is 5.11 Å². The van der Waals surface area contributed by atoms with E-state index in [-0.39, 0.29) is 0 Å². The lowest BCUT2D eigenvalue weighted by molar-refractivity contribution is 0.474. The van der Waals surface area contributed by atoms with Gasteiger partial charge < -0.3 is 10.0 Å². The van der Waals surface area contributed by atoms with Gasteiger partial charge in [0, 0.05) is 23.8 Å². The van der Waals surface area contributed by atoms with E-state index in [0.717, 1.165) is 31.0 Å². The molecule has 0 unspecified atom stereocenters. The fourth-order valence-electron chi connectivity index (χ4n) is 2.92. The molecule has 0 radical (unpaired) electrons. The van der Waals surface area contributed by atoms with Gasteiger partial charge in [0.1, 0.15) is 5.75 Å². The Bertz CT molecular complexity index is 574. The first-order chi connectivity index (χ1) is 9.74. The van der Waals surface area contributed by atoms with Crippen molar-refractivity contribution in [2.24, 2.45) is 0 Å². The van der Waals surface area contributed by atoms with Crippen LogP contribution in [0.25, 0.3) is 0 Å². The summed E-state index contributed by atoms with van der Waals surface area (Å²) >= 11 is 6.29. The molecule has 1 aliphatic heterocycles. The fraction of sp³-hybridized carbons (Fsp3) is 0.294. The van der Waals surface area contributed by atoms with Crippen LogP contribution in [0, 0.1) is 0 Å². The maximum atomic E-state index is 9.34. The molecule has 2 nitrogen and oxygen atoms in total. The smallest absolute Gasteiger partial charge is 0.115 e. The maximum Gasteiger partial charge on any atom is 0.115 e. The number of nitrogens with zero attached hydrogens (tertiary/aromatic N) is 1. The SMILES string of the molecule is Oc1ccc(N2CCC(c3ccccc3Cl)CC2)cc1. The highest BCUT2D eigenvalue weighted by Gasteiger charge is 2.22. The lowest BCUT2D eigenvalue weighted by Crippen LogP contribution is -2.32. The normalized spacial score (nSPS) is 16.4. The number of phenols is 1. The van der Waals surface area contributed by atoms with E-state index in [4.69, 9.17) is 11.6 Å². The number of rotatable bonds is 2. The van der Waals surface area contributed by atoms with Crippen LogP contribution in [0.2, 0.25) is 5.02 Å². The Labute approximate surface area is 124 Å². The molecular weight excluding hydrogens is 270 g/mol. The molecule has 3 heteroatoms. The quantitative estimate of drug-likeness (QED) is 0.883. The zero-order valence-corrected chi connectivity index (χ0v) is 12.1. The molecule has 0 aromatic heterocycles. The molecule has 0 bridgehead atoms. The minimum atomic E-state index is 0.319. The van der Waals surface area contributed by atoms with E-state index in [1.54, 1.807) is 12.1 Å². The van der Waals surface area contributed by atoms with Gasteiger partial charge in [-0.2, -0.15) is 0 Å². The van der Waals surface area contributed by atoms with Crippen molar-refractivity contribution in [1.82, 2.24) is 0 Å². The van der Waals surface area contributed by atoms with E-state index >= 15 is 0 Å². The van der Waals surface area contributed by atoms with Crippen LogP contribution in [0.1, 0.15) is 24.3 Å². The summed E-state index contributed by atoms with van der Waals surface area (Å²) in [6.45, 7) is 2.06. The second-order valence-corrected chi connectivity index (χ2v) is 5.71.